The van der Waals surface area contributed by atoms with Gasteiger partial charge in [0, 0.05) is 0 Å². The average Bonchev–Trinajstić information content (AvgIpc) is 2.37. The minimum absolute atomic E-state index is 0.108. The molecule has 0 bridgehead atoms. The van der Waals surface area contributed by atoms with Gasteiger partial charge in [-0.05, 0) is 25.5 Å². The number of hydrogen-bond donors (Lipinski definition) is 1. The highest BCUT2D eigenvalue weighted by molar-refractivity contribution is 7.60. The van der Waals surface area contributed by atoms with Crippen LogP contribution in [0.1, 0.15) is 19.4 Å². The summed E-state index contributed by atoms with van der Waals surface area (Å²) in [5.41, 5.74) is 0.625. The van der Waals surface area contributed by atoms with E-state index in [9.17, 15) is 14.5 Å². The Morgan fingerprint density at radius 2 is 1.74 bits per heavy atom. The van der Waals surface area contributed by atoms with Gasteiger partial charge in [-0.25, -0.2) is 4.79 Å². The van der Waals surface area contributed by atoms with E-state index in [0.29, 0.717) is 5.56 Å². The molecule has 0 aliphatic rings. The molecule has 0 unspecified atom stereocenters. The maximum Gasteiger partial charge on any atom is 0.368 e. The van der Waals surface area contributed by atoms with Crippen LogP contribution < -0.4 is 0 Å². The maximum absolute atomic E-state index is 12.5. The van der Waals surface area contributed by atoms with E-state index in [1.54, 1.807) is 38.1 Å². The van der Waals surface area contributed by atoms with E-state index in [1.165, 1.54) is 6.08 Å². The number of benzene rings is 1. The molecule has 0 radical (unpaired) electrons. The number of carboxylic acid groups (broad SMARTS) is 1. The lowest BCUT2D eigenvalue weighted by atomic mass is 10.2. The molecule has 0 spiro atoms. The van der Waals surface area contributed by atoms with Crippen molar-refractivity contribution in [2.45, 2.75) is 13.8 Å². The van der Waals surface area contributed by atoms with Crippen molar-refractivity contribution in [3.8, 4) is 0 Å². The van der Waals surface area contributed by atoms with Crippen LogP contribution in [0.3, 0.4) is 0 Å². The standard InChI is InChI=1S/C13H17O5P/c1-3-17-19(16,18-4-2)12(13(14)15)10-11-8-6-5-7-9-11/h5-10H,3-4H2,1-2H3,(H,14,15)/b12-10-. The van der Waals surface area contributed by atoms with Gasteiger partial charge in [0.05, 0.1) is 13.2 Å². The molecule has 1 N–H and O–H groups in total. The van der Waals surface area contributed by atoms with Crippen molar-refractivity contribution in [3.05, 3.63) is 41.2 Å². The fourth-order valence-corrected chi connectivity index (χ4v) is 3.06. The molecule has 1 aromatic carbocycles. The van der Waals surface area contributed by atoms with Crippen molar-refractivity contribution >= 4 is 19.6 Å². The molecule has 1 rings (SSSR count). The normalized spacial score (nSPS) is 12.4. The minimum atomic E-state index is -3.79. The van der Waals surface area contributed by atoms with Crippen LogP contribution in [0.2, 0.25) is 0 Å². The summed E-state index contributed by atoms with van der Waals surface area (Å²) in [7, 11) is -3.79. The Balaban J connectivity index is 3.22. The van der Waals surface area contributed by atoms with Crippen LogP contribution in [-0.4, -0.2) is 24.3 Å². The number of hydrogen-bond acceptors (Lipinski definition) is 4. The molecule has 0 aliphatic heterocycles. The first-order valence-electron chi connectivity index (χ1n) is 5.93. The van der Waals surface area contributed by atoms with Crippen LogP contribution in [0, 0.1) is 0 Å². The molecule has 104 valence electrons. The third-order valence-electron chi connectivity index (χ3n) is 2.22. The molecule has 0 fully saturated rings. The van der Waals surface area contributed by atoms with E-state index in [0.717, 1.165) is 0 Å². The fourth-order valence-electron chi connectivity index (χ4n) is 1.48. The van der Waals surface area contributed by atoms with E-state index in [4.69, 9.17) is 9.05 Å². The minimum Gasteiger partial charge on any atom is -0.477 e. The molecular formula is C13H17O5P. The average molecular weight is 284 g/mol. The quantitative estimate of drug-likeness (QED) is 0.613. The van der Waals surface area contributed by atoms with Gasteiger partial charge in [-0.3, -0.25) is 4.57 Å². The van der Waals surface area contributed by atoms with Crippen LogP contribution in [0.4, 0.5) is 0 Å². The molecule has 1 aromatic rings. The van der Waals surface area contributed by atoms with Crippen molar-refractivity contribution in [3.63, 3.8) is 0 Å². The predicted molar refractivity (Wildman–Crippen MR) is 72.9 cm³/mol. The van der Waals surface area contributed by atoms with E-state index in [1.807, 2.05) is 6.07 Å². The van der Waals surface area contributed by atoms with Gasteiger partial charge in [-0.2, -0.15) is 0 Å². The zero-order valence-electron chi connectivity index (χ0n) is 10.9. The second-order valence-corrected chi connectivity index (χ2v) is 5.57. The lowest BCUT2D eigenvalue weighted by molar-refractivity contribution is -0.132. The Morgan fingerprint density at radius 3 is 2.16 bits per heavy atom. The third kappa shape index (κ3) is 4.31. The number of aliphatic carboxylic acids is 1. The molecular weight excluding hydrogens is 267 g/mol. The zero-order valence-corrected chi connectivity index (χ0v) is 11.8. The van der Waals surface area contributed by atoms with Gasteiger partial charge in [0.15, 0.2) is 0 Å². The topological polar surface area (TPSA) is 72.8 Å². The largest absolute Gasteiger partial charge is 0.477 e. The molecule has 19 heavy (non-hydrogen) atoms. The van der Waals surface area contributed by atoms with Crippen molar-refractivity contribution in [1.82, 2.24) is 0 Å². The maximum atomic E-state index is 12.5. The summed E-state index contributed by atoms with van der Waals surface area (Å²) in [6, 6.07) is 8.76. The SMILES string of the molecule is CCOP(=O)(OCC)/C(=C\c1ccccc1)C(=O)O. The lowest BCUT2D eigenvalue weighted by Gasteiger charge is -2.17. The van der Waals surface area contributed by atoms with Gasteiger partial charge in [0.25, 0.3) is 0 Å². The van der Waals surface area contributed by atoms with Gasteiger partial charge < -0.3 is 14.2 Å². The summed E-state index contributed by atoms with van der Waals surface area (Å²) >= 11 is 0. The highest BCUT2D eigenvalue weighted by Crippen LogP contribution is 2.56. The van der Waals surface area contributed by atoms with Crippen molar-refractivity contribution in [2.75, 3.05) is 13.2 Å². The number of rotatable bonds is 7. The Hall–Kier alpha value is -1.42. The smallest absolute Gasteiger partial charge is 0.368 e. The van der Waals surface area contributed by atoms with Crippen molar-refractivity contribution in [1.29, 1.82) is 0 Å². The second kappa shape index (κ2) is 7.24. The van der Waals surface area contributed by atoms with Crippen molar-refractivity contribution in [2.24, 2.45) is 0 Å². The molecule has 6 heteroatoms. The summed E-state index contributed by atoms with van der Waals surface area (Å²) in [5, 5.41) is 8.86. The molecule has 5 nitrogen and oxygen atoms in total. The van der Waals surface area contributed by atoms with E-state index in [2.05, 4.69) is 0 Å². The molecule has 0 amide bonds. The van der Waals surface area contributed by atoms with Crippen LogP contribution in [0.5, 0.6) is 0 Å². The monoisotopic (exact) mass is 284 g/mol. The summed E-state index contributed by atoms with van der Waals surface area (Å²) in [5.74, 6) is -1.31. The highest BCUT2D eigenvalue weighted by atomic mass is 31.2. The predicted octanol–water partition coefficient (Wildman–Crippen LogP) is 3.38. The first-order chi connectivity index (χ1) is 9.03. The second-order valence-electron chi connectivity index (χ2n) is 3.58. The van der Waals surface area contributed by atoms with Gasteiger partial charge in [-0.1, -0.05) is 30.3 Å². The lowest BCUT2D eigenvalue weighted by Crippen LogP contribution is -2.07. The first kappa shape index (κ1) is 15.6. The molecule has 0 saturated heterocycles. The highest BCUT2D eigenvalue weighted by Gasteiger charge is 2.34. The van der Waals surface area contributed by atoms with E-state index in [-0.39, 0.29) is 18.5 Å². The zero-order chi connectivity index (χ0) is 14.3. The Bertz CT molecular complexity index is 485. The Labute approximate surface area is 112 Å². The summed E-state index contributed by atoms with van der Waals surface area (Å²) < 4.78 is 22.6. The number of carboxylic acids is 1. The van der Waals surface area contributed by atoms with Crippen LogP contribution >= 0.6 is 7.60 Å². The van der Waals surface area contributed by atoms with Gasteiger partial charge in [-0.15, -0.1) is 0 Å². The summed E-state index contributed by atoms with van der Waals surface area (Å²) in [6.07, 6.45) is 1.31. The summed E-state index contributed by atoms with van der Waals surface area (Å²) in [6.45, 7) is 3.48. The molecule has 0 heterocycles. The van der Waals surface area contributed by atoms with Gasteiger partial charge in [0.2, 0.25) is 0 Å². The molecule has 0 saturated carbocycles. The molecule has 0 aromatic heterocycles. The summed E-state index contributed by atoms with van der Waals surface area (Å²) in [4.78, 5) is 11.3. The van der Waals surface area contributed by atoms with Crippen LogP contribution in [0.15, 0.2) is 35.6 Å². The molecule has 0 aliphatic carbocycles. The van der Waals surface area contributed by atoms with Gasteiger partial charge in [0.1, 0.15) is 5.31 Å². The number of carbonyl (C=O) groups is 1. The van der Waals surface area contributed by atoms with E-state index >= 15 is 0 Å². The van der Waals surface area contributed by atoms with Crippen molar-refractivity contribution < 1.29 is 23.5 Å². The van der Waals surface area contributed by atoms with Gasteiger partial charge >= 0.3 is 13.6 Å². The Kier molecular flexibility index (Phi) is 5.96. The fraction of sp³-hybridized carbons (Fsp3) is 0.308. The van der Waals surface area contributed by atoms with E-state index < -0.39 is 13.6 Å². The third-order valence-corrected chi connectivity index (χ3v) is 4.32. The van der Waals surface area contributed by atoms with Crippen LogP contribution in [0.25, 0.3) is 6.08 Å². The van der Waals surface area contributed by atoms with Crippen LogP contribution in [-0.2, 0) is 18.4 Å². The first-order valence-corrected chi connectivity index (χ1v) is 7.47. The molecule has 0 atom stereocenters. The Morgan fingerprint density at radius 1 is 1.21 bits per heavy atom.